The normalized spacial score (nSPS) is 8.87. The Morgan fingerprint density at radius 2 is 1.93 bits per heavy atom. The first-order valence-corrected chi connectivity index (χ1v) is 3.97. The number of azide groups is 1. The molecule has 1 aromatic carbocycles. The van der Waals surface area contributed by atoms with Crippen molar-refractivity contribution < 1.29 is 14.3 Å². The average molecular weight is 205 g/mol. The summed E-state index contributed by atoms with van der Waals surface area (Å²) in [4.78, 5) is 24.9. The van der Waals surface area contributed by atoms with Crippen LogP contribution in [0.3, 0.4) is 0 Å². The summed E-state index contributed by atoms with van der Waals surface area (Å²) in [6.07, 6.45) is 0. The van der Waals surface area contributed by atoms with Gasteiger partial charge in [-0.15, -0.1) is 0 Å². The molecule has 0 heterocycles. The van der Waals surface area contributed by atoms with Gasteiger partial charge in [-0.05, 0) is 16.7 Å². The van der Waals surface area contributed by atoms with Crippen molar-refractivity contribution in [2.45, 2.75) is 0 Å². The second-order valence-electron chi connectivity index (χ2n) is 2.53. The van der Waals surface area contributed by atoms with Gasteiger partial charge in [-0.1, -0.05) is 18.2 Å². The third-order valence-corrected chi connectivity index (χ3v) is 1.70. The van der Waals surface area contributed by atoms with Crippen molar-refractivity contribution in [2.75, 3.05) is 7.11 Å². The highest BCUT2D eigenvalue weighted by atomic mass is 16.5. The molecule has 76 valence electrons. The molecular weight excluding hydrogens is 198 g/mol. The summed E-state index contributed by atoms with van der Waals surface area (Å²) in [5, 5.41) is 2.91. The van der Waals surface area contributed by atoms with Crippen molar-refractivity contribution in [3.63, 3.8) is 0 Å². The summed E-state index contributed by atoms with van der Waals surface area (Å²) < 4.78 is 4.48. The lowest BCUT2D eigenvalue weighted by Crippen LogP contribution is -2.08. The molecule has 6 nitrogen and oxygen atoms in total. The Kier molecular flexibility index (Phi) is 3.43. The van der Waals surface area contributed by atoms with E-state index in [9.17, 15) is 9.59 Å². The summed E-state index contributed by atoms with van der Waals surface area (Å²) in [5.41, 5.74) is 8.22. The number of carbonyl (C=O) groups is 2. The predicted octanol–water partition coefficient (Wildman–Crippen LogP) is 1.92. The van der Waals surface area contributed by atoms with Crippen LogP contribution in [0, 0.1) is 0 Å². The number of hydrogen-bond acceptors (Lipinski definition) is 3. The van der Waals surface area contributed by atoms with Gasteiger partial charge in [-0.3, -0.25) is 4.79 Å². The lowest BCUT2D eigenvalue weighted by Gasteiger charge is -2.02. The van der Waals surface area contributed by atoms with Crippen LogP contribution in [-0.4, -0.2) is 19.0 Å². The van der Waals surface area contributed by atoms with Crippen LogP contribution in [-0.2, 0) is 4.74 Å². The quantitative estimate of drug-likeness (QED) is 0.319. The van der Waals surface area contributed by atoms with Crippen molar-refractivity contribution >= 4 is 11.9 Å². The van der Waals surface area contributed by atoms with Gasteiger partial charge < -0.3 is 4.74 Å². The fourth-order valence-electron chi connectivity index (χ4n) is 1.05. The molecule has 0 N–H and O–H groups in total. The fraction of sp³-hybridized carbons (Fsp3) is 0.111. The van der Waals surface area contributed by atoms with Crippen LogP contribution in [0.1, 0.15) is 20.7 Å². The Morgan fingerprint density at radius 3 is 2.47 bits per heavy atom. The zero-order chi connectivity index (χ0) is 11.3. The van der Waals surface area contributed by atoms with Crippen molar-refractivity contribution in [3.05, 3.63) is 45.8 Å². The molecule has 0 aliphatic carbocycles. The average Bonchev–Trinajstić information content (AvgIpc) is 2.28. The van der Waals surface area contributed by atoms with Crippen LogP contribution in [0.5, 0.6) is 0 Å². The van der Waals surface area contributed by atoms with Crippen LogP contribution >= 0.6 is 0 Å². The molecule has 0 saturated carbocycles. The molecule has 0 radical (unpaired) electrons. The van der Waals surface area contributed by atoms with E-state index in [4.69, 9.17) is 5.53 Å². The Labute approximate surface area is 85.1 Å². The van der Waals surface area contributed by atoms with Gasteiger partial charge in [0.05, 0.1) is 12.7 Å². The van der Waals surface area contributed by atoms with Gasteiger partial charge in [0.15, 0.2) is 0 Å². The summed E-state index contributed by atoms with van der Waals surface area (Å²) in [7, 11) is 1.21. The Hall–Kier alpha value is -2.33. The monoisotopic (exact) mass is 205 g/mol. The van der Waals surface area contributed by atoms with E-state index < -0.39 is 11.9 Å². The molecule has 0 aromatic heterocycles. The van der Waals surface area contributed by atoms with E-state index in [0.29, 0.717) is 0 Å². The topological polar surface area (TPSA) is 92.1 Å². The second kappa shape index (κ2) is 4.78. The summed E-state index contributed by atoms with van der Waals surface area (Å²) in [5.74, 6) is -1.45. The van der Waals surface area contributed by atoms with Crippen LogP contribution in [0.4, 0.5) is 0 Å². The number of esters is 1. The molecule has 0 spiro atoms. The minimum Gasteiger partial charge on any atom is -0.465 e. The maximum Gasteiger partial charge on any atom is 0.338 e. The highest BCUT2D eigenvalue weighted by Crippen LogP contribution is 2.11. The lowest BCUT2D eigenvalue weighted by atomic mass is 10.1. The number of ether oxygens (including phenoxy) is 1. The Bertz CT molecular complexity index is 450. The zero-order valence-electron chi connectivity index (χ0n) is 7.88. The summed E-state index contributed by atoms with van der Waals surface area (Å²) >= 11 is 0. The zero-order valence-corrected chi connectivity index (χ0v) is 7.88. The van der Waals surface area contributed by atoms with E-state index in [1.165, 1.54) is 19.2 Å². The first-order valence-electron chi connectivity index (χ1n) is 3.97. The van der Waals surface area contributed by atoms with Crippen molar-refractivity contribution in [1.82, 2.24) is 0 Å². The minimum atomic E-state index is -0.807. The highest BCUT2D eigenvalue weighted by Gasteiger charge is 2.15. The molecule has 1 rings (SSSR count). The Balaban J connectivity index is 3.23. The van der Waals surface area contributed by atoms with Gasteiger partial charge in [0.2, 0.25) is 5.91 Å². The van der Waals surface area contributed by atoms with E-state index in [2.05, 4.69) is 14.8 Å². The van der Waals surface area contributed by atoms with Crippen LogP contribution in [0.15, 0.2) is 29.4 Å². The SMILES string of the molecule is COC(=O)c1ccccc1C(=O)N=[N+]=[N-]. The number of nitrogens with zero attached hydrogens (tertiary/aromatic N) is 3. The number of hydrogen-bond donors (Lipinski definition) is 0. The van der Waals surface area contributed by atoms with Gasteiger partial charge >= 0.3 is 5.97 Å². The van der Waals surface area contributed by atoms with Crippen molar-refractivity contribution in [2.24, 2.45) is 5.11 Å². The minimum absolute atomic E-state index is 0.0298. The van der Waals surface area contributed by atoms with Crippen molar-refractivity contribution in [1.29, 1.82) is 0 Å². The van der Waals surface area contributed by atoms with Gasteiger partial charge in [-0.2, -0.15) is 0 Å². The number of amides is 1. The van der Waals surface area contributed by atoms with Gasteiger partial charge in [0.25, 0.3) is 0 Å². The fourth-order valence-corrected chi connectivity index (χ4v) is 1.05. The summed E-state index contributed by atoms with van der Waals surface area (Å²) in [6.45, 7) is 0. The number of carbonyl (C=O) groups excluding carboxylic acids is 2. The van der Waals surface area contributed by atoms with E-state index >= 15 is 0 Å². The molecular formula is C9H7N3O3. The standard InChI is InChI=1S/C9H7N3O3/c1-15-9(14)7-5-3-2-4-6(7)8(13)11-12-10/h2-5H,1H3. The molecule has 0 fully saturated rings. The molecule has 0 saturated heterocycles. The first kappa shape index (κ1) is 10.7. The molecule has 15 heavy (non-hydrogen) atoms. The molecule has 0 bridgehead atoms. The molecule has 0 atom stereocenters. The number of methoxy groups -OCH3 is 1. The molecule has 0 aliphatic heterocycles. The van der Waals surface area contributed by atoms with Gasteiger partial charge in [-0.25, -0.2) is 4.79 Å². The molecule has 1 aromatic rings. The molecule has 0 unspecified atom stereocenters. The number of benzene rings is 1. The Morgan fingerprint density at radius 1 is 1.33 bits per heavy atom. The second-order valence-corrected chi connectivity index (χ2v) is 2.53. The smallest absolute Gasteiger partial charge is 0.338 e. The van der Waals surface area contributed by atoms with Crippen LogP contribution < -0.4 is 0 Å². The largest absolute Gasteiger partial charge is 0.465 e. The van der Waals surface area contributed by atoms with Crippen LogP contribution in [0.2, 0.25) is 0 Å². The molecule has 6 heteroatoms. The predicted molar refractivity (Wildman–Crippen MR) is 51.3 cm³/mol. The van der Waals surface area contributed by atoms with Gasteiger partial charge in [0, 0.05) is 10.5 Å². The third-order valence-electron chi connectivity index (χ3n) is 1.70. The van der Waals surface area contributed by atoms with Gasteiger partial charge in [0.1, 0.15) is 0 Å². The van der Waals surface area contributed by atoms with Crippen LogP contribution in [0.25, 0.3) is 10.4 Å². The molecule has 1 amide bonds. The maximum absolute atomic E-state index is 11.3. The van der Waals surface area contributed by atoms with E-state index in [0.717, 1.165) is 0 Å². The third kappa shape index (κ3) is 2.32. The molecule has 0 aliphatic rings. The number of rotatable bonds is 2. The van der Waals surface area contributed by atoms with E-state index in [1.807, 2.05) is 0 Å². The highest BCUT2D eigenvalue weighted by molar-refractivity contribution is 6.05. The summed E-state index contributed by atoms with van der Waals surface area (Å²) in [6, 6.07) is 5.96. The lowest BCUT2D eigenvalue weighted by molar-refractivity contribution is 0.0597. The van der Waals surface area contributed by atoms with E-state index in [1.54, 1.807) is 12.1 Å². The van der Waals surface area contributed by atoms with E-state index in [-0.39, 0.29) is 11.1 Å². The van der Waals surface area contributed by atoms with Crippen molar-refractivity contribution in [3.8, 4) is 0 Å². The maximum atomic E-state index is 11.3. The first-order chi connectivity index (χ1) is 7.20.